The van der Waals surface area contributed by atoms with Gasteiger partial charge in [-0.1, -0.05) is 0 Å². The van der Waals surface area contributed by atoms with Gasteiger partial charge < -0.3 is 10.3 Å². The smallest absolute Gasteiger partial charge is 0.266 e. The molecule has 0 fully saturated rings. The molecular formula is C9H11N3O. The highest BCUT2D eigenvalue weighted by Gasteiger charge is 2.09. The van der Waals surface area contributed by atoms with Crippen molar-refractivity contribution in [1.29, 1.82) is 5.26 Å². The summed E-state index contributed by atoms with van der Waals surface area (Å²) in [5.74, 6) is 0. The number of pyridine rings is 1. The van der Waals surface area contributed by atoms with Crippen LogP contribution in [-0.2, 0) is 0 Å². The van der Waals surface area contributed by atoms with Crippen molar-refractivity contribution in [1.82, 2.24) is 4.98 Å². The molecule has 0 saturated heterocycles. The molecule has 0 aliphatic heterocycles. The number of H-pyrrole nitrogens is 1. The summed E-state index contributed by atoms with van der Waals surface area (Å²) >= 11 is 0. The summed E-state index contributed by atoms with van der Waals surface area (Å²) in [7, 11) is 1.76. The van der Waals surface area contributed by atoms with Crippen LogP contribution < -0.4 is 10.9 Å². The molecular weight excluding hydrogens is 166 g/mol. The summed E-state index contributed by atoms with van der Waals surface area (Å²) in [6.07, 6.45) is 0. The Balaban J connectivity index is 3.60. The Morgan fingerprint density at radius 1 is 1.46 bits per heavy atom. The molecule has 0 spiro atoms. The molecule has 0 unspecified atom stereocenters. The van der Waals surface area contributed by atoms with E-state index in [1.165, 1.54) is 0 Å². The summed E-state index contributed by atoms with van der Waals surface area (Å²) in [4.78, 5) is 13.9. The Morgan fingerprint density at radius 3 is 2.54 bits per heavy atom. The molecule has 13 heavy (non-hydrogen) atoms. The van der Waals surface area contributed by atoms with Gasteiger partial charge in [0, 0.05) is 12.7 Å². The molecule has 1 aromatic heterocycles. The van der Waals surface area contributed by atoms with Crippen LogP contribution in [0.4, 0.5) is 5.69 Å². The van der Waals surface area contributed by atoms with Crippen molar-refractivity contribution in [2.45, 2.75) is 13.8 Å². The minimum absolute atomic E-state index is 0.176. The van der Waals surface area contributed by atoms with Gasteiger partial charge in [0.05, 0.1) is 5.69 Å². The first-order valence-electron chi connectivity index (χ1n) is 3.93. The fourth-order valence-corrected chi connectivity index (χ4v) is 1.38. The van der Waals surface area contributed by atoms with Crippen LogP contribution in [0.15, 0.2) is 4.79 Å². The van der Waals surface area contributed by atoms with Crippen LogP contribution in [0, 0.1) is 25.2 Å². The molecule has 2 N–H and O–H groups in total. The van der Waals surface area contributed by atoms with Gasteiger partial charge in [-0.2, -0.15) is 5.26 Å². The van der Waals surface area contributed by atoms with Crippen LogP contribution in [-0.4, -0.2) is 12.0 Å². The van der Waals surface area contributed by atoms with E-state index in [0.29, 0.717) is 5.56 Å². The van der Waals surface area contributed by atoms with Gasteiger partial charge in [0.2, 0.25) is 0 Å². The van der Waals surface area contributed by atoms with Crippen LogP contribution in [0.1, 0.15) is 16.8 Å². The average Bonchev–Trinajstić information content (AvgIpc) is 2.04. The third-order valence-corrected chi connectivity index (χ3v) is 2.01. The highest BCUT2D eigenvalue weighted by Crippen LogP contribution is 2.17. The Hall–Kier alpha value is -1.76. The van der Waals surface area contributed by atoms with E-state index in [1.807, 2.05) is 6.07 Å². The largest absolute Gasteiger partial charge is 0.386 e. The molecule has 1 heterocycles. The van der Waals surface area contributed by atoms with Crippen LogP contribution in [0.5, 0.6) is 0 Å². The van der Waals surface area contributed by atoms with Crippen molar-refractivity contribution in [2.75, 3.05) is 12.4 Å². The number of rotatable bonds is 1. The monoisotopic (exact) mass is 177 g/mol. The first-order valence-corrected chi connectivity index (χ1v) is 3.93. The number of hydrogen-bond acceptors (Lipinski definition) is 3. The quantitative estimate of drug-likeness (QED) is 0.669. The van der Waals surface area contributed by atoms with Gasteiger partial charge in [0.1, 0.15) is 11.6 Å². The number of nitriles is 1. The van der Waals surface area contributed by atoms with E-state index >= 15 is 0 Å². The zero-order chi connectivity index (χ0) is 10.0. The molecule has 68 valence electrons. The second-order valence-corrected chi connectivity index (χ2v) is 2.82. The Morgan fingerprint density at radius 2 is 2.08 bits per heavy atom. The SMILES string of the molecule is CNc1c(C)[nH]c(=O)c(C#N)c1C. The van der Waals surface area contributed by atoms with E-state index in [-0.39, 0.29) is 11.1 Å². The standard InChI is InChI=1S/C9H11N3O/c1-5-7(4-10)9(13)12-6(2)8(5)11-3/h11H,1-3H3,(H,12,13). The lowest BCUT2D eigenvalue weighted by Crippen LogP contribution is -2.15. The summed E-state index contributed by atoms with van der Waals surface area (Å²) < 4.78 is 0. The van der Waals surface area contributed by atoms with E-state index in [2.05, 4.69) is 10.3 Å². The molecule has 0 aliphatic carbocycles. The summed E-state index contributed by atoms with van der Waals surface area (Å²) in [6.45, 7) is 3.55. The molecule has 0 atom stereocenters. The Bertz CT molecular complexity index is 426. The summed E-state index contributed by atoms with van der Waals surface area (Å²) in [5, 5.41) is 11.7. The van der Waals surface area contributed by atoms with E-state index in [4.69, 9.17) is 5.26 Å². The second kappa shape index (κ2) is 3.31. The summed E-state index contributed by atoms with van der Waals surface area (Å²) in [6, 6.07) is 1.88. The number of aryl methyl sites for hydroxylation is 1. The van der Waals surface area contributed by atoms with E-state index < -0.39 is 0 Å². The number of aromatic amines is 1. The number of aromatic nitrogens is 1. The molecule has 4 nitrogen and oxygen atoms in total. The highest BCUT2D eigenvalue weighted by atomic mass is 16.1. The van der Waals surface area contributed by atoms with Gasteiger partial charge in [-0.25, -0.2) is 0 Å². The van der Waals surface area contributed by atoms with Crippen molar-refractivity contribution in [3.63, 3.8) is 0 Å². The van der Waals surface area contributed by atoms with Crippen molar-refractivity contribution >= 4 is 5.69 Å². The maximum atomic E-state index is 11.3. The lowest BCUT2D eigenvalue weighted by atomic mass is 10.1. The zero-order valence-electron chi connectivity index (χ0n) is 7.86. The minimum atomic E-state index is -0.323. The van der Waals surface area contributed by atoms with Gasteiger partial charge in [-0.15, -0.1) is 0 Å². The number of hydrogen-bond donors (Lipinski definition) is 2. The van der Waals surface area contributed by atoms with Crippen LogP contribution in [0.2, 0.25) is 0 Å². The lowest BCUT2D eigenvalue weighted by molar-refractivity contribution is 1.10. The maximum absolute atomic E-state index is 11.3. The van der Waals surface area contributed by atoms with E-state index in [0.717, 1.165) is 11.4 Å². The van der Waals surface area contributed by atoms with Crippen molar-refractivity contribution in [2.24, 2.45) is 0 Å². The predicted molar refractivity (Wildman–Crippen MR) is 50.8 cm³/mol. The Kier molecular flexibility index (Phi) is 2.38. The van der Waals surface area contributed by atoms with Crippen LogP contribution >= 0.6 is 0 Å². The van der Waals surface area contributed by atoms with Crippen LogP contribution in [0.25, 0.3) is 0 Å². The number of nitrogens with zero attached hydrogens (tertiary/aromatic N) is 1. The molecule has 0 aliphatic rings. The Labute approximate surface area is 76.2 Å². The first-order chi connectivity index (χ1) is 6.11. The molecule has 1 rings (SSSR count). The minimum Gasteiger partial charge on any atom is -0.386 e. The number of nitrogens with one attached hydrogen (secondary N) is 2. The fraction of sp³-hybridized carbons (Fsp3) is 0.333. The van der Waals surface area contributed by atoms with Crippen LogP contribution in [0.3, 0.4) is 0 Å². The normalized spacial score (nSPS) is 9.38. The van der Waals surface area contributed by atoms with Gasteiger partial charge >= 0.3 is 0 Å². The van der Waals surface area contributed by atoms with Gasteiger partial charge in [0.15, 0.2) is 0 Å². The average molecular weight is 177 g/mol. The molecule has 1 aromatic rings. The van der Waals surface area contributed by atoms with Crippen molar-refractivity contribution in [3.05, 3.63) is 27.2 Å². The molecule has 0 radical (unpaired) electrons. The lowest BCUT2D eigenvalue weighted by Gasteiger charge is -2.08. The molecule has 0 saturated carbocycles. The molecule has 0 aromatic carbocycles. The van der Waals surface area contributed by atoms with Crippen molar-refractivity contribution < 1.29 is 0 Å². The maximum Gasteiger partial charge on any atom is 0.266 e. The topological polar surface area (TPSA) is 68.7 Å². The third kappa shape index (κ3) is 1.41. The fourth-order valence-electron chi connectivity index (χ4n) is 1.38. The van der Waals surface area contributed by atoms with E-state index in [9.17, 15) is 4.79 Å². The van der Waals surface area contributed by atoms with Gasteiger partial charge in [-0.05, 0) is 19.4 Å². The predicted octanol–water partition coefficient (Wildman–Crippen LogP) is 0.905. The first kappa shape index (κ1) is 9.33. The molecule has 0 bridgehead atoms. The van der Waals surface area contributed by atoms with E-state index in [1.54, 1.807) is 20.9 Å². The summed E-state index contributed by atoms with van der Waals surface area (Å²) in [5.41, 5.74) is 2.12. The number of anilines is 1. The highest BCUT2D eigenvalue weighted by molar-refractivity contribution is 5.58. The zero-order valence-corrected chi connectivity index (χ0v) is 7.86. The van der Waals surface area contributed by atoms with Gasteiger partial charge in [0.25, 0.3) is 5.56 Å². The van der Waals surface area contributed by atoms with Crippen molar-refractivity contribution in [3.8, 4) is 6.07 Å². The third-order valence-electron chi connectivity index (χ3n) is 2.01. The second-order valence-electron chi connectivity index (χ2n) is 2.82. The molecule has 4 heteroatoms. The van der Waals surface area contributed by atoms with Gasteiger partial charge in [-0.3, -0.25) is 4.79 Å². The molecule has 0 amide bonds.